The summed E-state index contributed by atoms with van der Waals surface area (Å²) in [7, 11) is -3.70. The van der Waals surface area contributed by atoms with Crippen molar-refractivity contribution in [3.05, 3.63) is 131 Å². The Labute approximate surface area is 266 Å². The number of rotatable bonds is 9. The van der Waals surface area contributed by atoms with E-state index in [2.05, 4.69) is 0 Å². The minimum Gasteiger partial charge on any atom is -0.756 e. The molecule has 2 fully saturated rings. The molecule has 3 aliphatic rings. The normalized spacial score (nSPS) is 26.7. The molecule has 11 heteroatoms. The molecule has 0 amide bonds. The van der Waals surface area contributed by atoms with Crippen molar-refractivity contribution in [2.24, 2.45) is 0 Å². The summed E-state index contributed by atoms with van der Waals surface area (Å²) < 4.78 is 54.6. The molecular weight excluding hydrogens is 611 g/mol. The lowest BCUT2D eigenvalue weighted by molar-refractivity contribution is -0.359. The van der Waals surface area contributed by atoms with Crippen LogP contribution in [0, 0.1) is 0 Å². The molecule has 0 N–H and O–H groups in total. The minimum absolute atomic E-state index is 0.0717. The molecule has 4 aromatic rings. The summed E-state index contributed by atoms with van der Waals surface area (Å²) in [6, 6.07) is 33.2. The predicted octanol–water partition coefficient (Wildman–Crippen LogP) is 5.38. The van der Waals surface area contributed by atoms with Gasteiger partial charge in [0, 0.05) is 18.6 Å². The van der Waals surface area contributed by atoms with Crippen LogP contribution in [0.1, 0.15) is 39.3 Å². The van der Waals surface area contributed by atoms with E-state index in [1.807, 2.05) is 78.9 Å². The molecular formula is C35H32O10P-. The summed E-state index contributed by atoms with van der Waals surface area (Å²) >= 11 is 0. The maximum absolute atomic E-state index is 13.6. The highest BCUT2D eigenvalue weighted by atomic mass is 31.2. The Balaban J connectivity index is 1.15. The number of ether oxygens (including phenoxy) is 5. The van der Waals surface area contributed by atoms with Crippen LogP contribution in [0.25, 0.3) is 11.1 Å². The van der Waals surface area contributed by atoms with Gasteiger partial charge < -0.3 is 37.6 Å². The average Bonchev–Trinajstić information content (AvgIpc) is 3.42. The average molecular weight is 644 g/mol. The first-order chi connectivity index (χ1) is 22.4. The van der Waals surface area contributed by atoms with E-state index in [-0.39, 0.29) is 24.7 Å². The zero-order valence-electron chi connectivity index (χ0n) is 24.9. The van der Waals surface area contributed by atoms with Crippen LogP contribution < -0.4 is 4.89 Å². The van der Waals surface area contributed by atoms with Crippen LogP contribution in [0.15, 0.2) is 109 Å². The predicted molar refractivity (Wildman–Crippen MR) is 163 cm³/mol. The Morgan fingerprint density at radius 2 is 1.43 bits per heavy atom. The van der Waals surface area contributed by atoms with Crippen molar-refractivity contribution in [3.8, 4) is 11.1 Å². The Morgan fingerprint density at radius 1 is 0.826 bits per heavy atom. The fraction of sp³-hybridized carbons (Fsp3) is 0.286. The van der Waals surface area contributed by atoms with Crippen LogP contribution in [0.3, 0.4) is 0 Å². The van der Waals surface area contributed by atoms with Crippen molar-refractivity contribution in [3.63, 3.8) is 0 Å². The highest BCUT2D eigenvalue weighted by Gasteiger charge is 2.54. The van der Waals surface area contributed by atoms with Crippen LogP contribution in [0.5, 0.6) is 0 Å². The molecule has 2 saturated heterocycles. The summed E-state index contributed by atoms with van der Waals surface area (Å²) in [5, 5.41) is 0. The maximum atomic E-state index is 13.6. The van der Waals surface area contributed by atoms with E-state index in [1.54, 1.807) is 30.3 Å². The number of phosphoric ester groups is 1. The lowest BCUT2D eigenvalue weighted by atomic mass is 9.97. The highest BCUT2D eigenvalue weighted by Crippen LogP contribution is 2.50. The lowest BCUT2D eigenvalue weighted by Gasteiger charge is -2.49. The number of fused-ring (bicyclic) bond motifs is 4. The number of hydrogen-bond donors (Lipinski definition) is 0. The van der Waals surface area contributed by atoms with Gasteiger partial charge in [0.15, 0.2) is 24.8 Å². The molecule has 1 aliphatic carbocycles. The third-order valence-corrected chi connectivity index (χ3v) is 9.42. The van der Waals surface area contributed by atoms with E-state index in [1.165, 1.54) is 7.11 Å². The van der Waals surface area contributed by atoms with Crippen LogP contribution in [0.4, 0.5) is 0 Å². The maximum Gasteiger partial charge on any atom is 0.338 e. The van der Waals surface area contributed by atoms with Crippen LogP contribution >= 0.6 is 7.82 Å². The van der Waals surface area contributed by atoms with Crippen molar-refractivity contribution >= 4 is 13.8 Å². The molecule has 10 nitrogen and oxygen atoms in total. The number of benzene rings is 4. The van der Waals surface area contributed by atoms with E-state index in [9.17, 15) is 14.3 Å². The second-order valence-electron chi connectivity index (χ2n) is 11.2. The second kappa shape index (κ2) is 13.2. The lowest BCUT2D eigenvalue weighted by Crippen LogP contribution is -2.63. The van der Waals surface area contributed by atoms with Gasteiger partial charge in [-0.05, 0) is 34.4 Å². The first-order valence-electron chi connectivity index (χ1n) is 15.0. The highest BCUT2D eigenvalue weighted by molar-refractivity contribution is 7.45. The van der Waals surface area contributed by atoms with Gasteiger partial charge in [-0.2, -0.15) is 0 Å². The Hall–Kier alpha value is -3.70. The van der Waals surface area contributed by atoms with Crippen molar-refractivity contribution in [2.75, 3.05) is 20.3 Å². The van der Waals surface area contributed by atoms with E-state index in [0.717, 1.165) is 27.8 Å². The molecule has 0 aromatic heterocycles. The van der Waals surface area contributed by atoms with E-state index in [4.69, 9.17) is 32.7 Å². The molecule has 7 rings (SSSR count). The molecule has 2 heterocycles. The molecule has 46 heavy (non-hydrogen) atoms. The quantitative estimate of drug-likeness (QED) is 0.174. The molecule has 4 aromatic carbocycles. The van der Waals surface area contributed by atoms with Gasteiger partial charge in [0.25, 0.3) is 7.82 Å². The largest absolute Gasteiger partial charge is 0.756 e. The van der Waals surface area contributed by atoms with Gasteiger partial charge in [-0.3, -0.25) is 4.57 Å². The summed E-state index contributed by atoms with van der Waals surface area (Å²) in [5.41, 5.74) is 4.97. The number of phosphoric acid groups is 1. The molecule has 0 saturated carbocycles. The van der Waals surface area contributed by atoms with Gasteiger partial charge in [0.2, 0.25) is 0 Å². The first-order valence-corrected chi connectivity index (χ1v) is 16.5. The van der Waals surface area contributed by atoms with Crippen molar-refractivity contribution in [2.45, 2.75) is 42.9 Å². The smallest absolute Gasteiger partial charge is 0.338 e. The molecule has 0 bridgehead atoms. The van der Waals surface area contributed by atoms with Gasteiger partial charge in [-0.25, -0.2) is 4.79 Å². The minimum atomic E-state index is -5.05. The third-order valence-electron chi connectivity index (χ3n) is 8.45. The molecule has 7 atom stereocenters. The first kappa shape index (κ1) is 30.9. The molecule has 2 unspecified atom stereocenters. The summed E-state index contributed by atoms with van der Waals surface area (Å²) in [6.07, 6.45) is -6.52. The fourth-order valence-corrected chi connectivity index (χ4v) is 7.22. The third kappa shape index (κ3) is 6.19. The van der Waals surface area contributed by atoms with E-state index in [0.29, 0.717) is 0 Å². The van der Waals surface area contributed by atoms with Gasteiger partial charge in [-0.15, -0.1) is 0 Å². The number of methoxy groups -OCH3 is 1. The number of carbonyl (C=O) groups excluding carboxylic acids is 1. The Morgan fingerprint density at radius 3 is 2.09 bits per heavy atom. The number of hydrogen-bond acceptors (Lipinski definition) is 10. The molecule has 0 spiro atoms. The van der Waals surface area contributed by atoms with Crippen molar-refractivity contribution in [1.82, 2.24) is 0 Å². The van der Waals surface area contributed by atoms with Crippen LogP contribution in [-0.4, -0.2) is 57.0 Å². The second-order valence-corrected chi connectivity index (χ2v) is 12.6. The fourth-order valence-electron chi connectivity index (χ4n) is 6.31. The Bertz CT molecular complexity index is 1670. The summed E-state index contributed by atoms with van der Waals surface area (Å²) in [4.78, 5) is 26.9. The standard InChI is InChI=1S/C35H33O10P/c1-39-35-32(45-46(37,38)41-20-28-26-18-10-8-16-24(26)25-17-9-11-19-27(25)28)31(43-33(36)22-12-4-2-5-13-22)30-29(42-35)21-40-34(44-30)23-14-6-3-7-15-23/h2-19,28-32,34-35H,20-21H2,1H3,(H,37,38)/p-1/t29-,30+,31+,32-,34?,35-/m1/s1. The number of carbonyl (C=O) groups is 1. The number of esters is 1. The zero-order valence-corrected chi connectivity index (χ0v) is 25.8. The van der Waals surface area contributed by atoms with E-state index < -0.39 is 50.8 Å². The van der Waals surface area contributed by atoms with Crippen molar-refractivity contribution in [1.29, 1.82) is 0 Å². The van der Waals surface area contributed by atoms with E-state index >= 15 is 0 Å². The van der Waals surface area contributed by atoms with Crippen LogP contribution in [-0.2, 0) is 37.3 Å². The zero-order chi connectivity index (χ0) is 31.7. The Kier molecular flexibility index (Phi) is 8.87. The van der Waals surface area contributed by atoms with Crippen molar-refractivity contribution < 1.29 is 47.0 Å². The van der Waals surface area contributed by atoms with Gasteiger partial charge in [0.05, 0.1) is 18.8 Å². The van der Waals surface area contributed by atoms with Gasteiger partial charge in [0.1, 0.15) is 12.2 Å². The summed E-state index contributed by atoms with van der Waals surface area (Å²) in [5.74, 6) is -1.03. The van der Waals surface area contributed by atoms with Gasteiger partial charge >= 0.3 is 5.97 Å². The van der Waals surface area contributed by atoms with Crippen LogP contribution in [0.2, 0.25) is 0 Å². The molecule has 2 aliphatic heterocycles. The SMILES string of the molecule is CO[C@@H]1O[C@@H]2COC(c3ccccc3)O[C@@H]2[C@H](OC(=O)c2ccccc2)[C@H]1OP(=O)([O-])OCC1c2ccccc2-c2ccccc21. The topological polar surface area (TPSA) is 122 Å². The molecule has 238 valence electrons. The monoisotopic (exact) mass is 643 g/mol. The summed E-state index contributed by atoms with van der Waals surface area (Å²) in [6.45, 7) is -0.122. The molecule has 0 radical (unpaired) electrons. The van der Waals surface area contributed by atoms with Gasteiger partial charge in [-0.1, -0.05) is 97.1 Å².